The minimum Gasteiger partial charge on any atom is -0.497 e. The van der Waals surface area contributed by atoms with E-state index in [0.29, 0.717) is 5.56 Å². The molecule has 0 saturated carbocycles. The van der Waals surface area contributed by atoms with Crippen molar-refractivity contribution in [2.24, 2.45) is 0 Å². The lowest BCUT2D eigenvalue weighted by Gasteiger charge is -2.26. The van der Waals surface area contributed by atoms with Gasteiger partial charge < -0.3 is 24.2 Å². The highest BCUT2D eigenvalue weighted by molar-refractivity contribution is 7.57. The number of anilines is 3. The third kappa shape index (κ3) is 5.33. The van der Waals surface area contributed by atoms with E-state index in [4.69, 9.17) is 14.7 Å². The van der Waals surface area contributed by atoms with Crippen molar-refractivity contribution in [1.29, 1.82) is 5.26 Å². The molecule has 3 rings (SSSR count). The highest BCUT2D eigenvalue weighted by Gasteiger charge is 2.20. The molecule has 7 nitrogen and oxygen atoms in total. The first-order valence-corrected chi connectivity index (χ1v) is 10.8. The Hall–Kier alpha value is -3.56. The van der Waals surface area contributed by atoms with Gasteiger partial charge >= 0.3 is 7.60 Å². The molecule has 31 heavy (non-hydrogen) atoms. The molecule has 0 atom stereocenters. The standard InChI is InChI=1S/C23H21N2O5P/c1-29-21-11-7-19(8-12-21)25(20-9-13-22(30-2)14-10-20)18-5-3-17(4-6-18)15-23(16-24)31(26,27)28/h3-15H,1-2H3,(H2,26,27,28)/b23-15+. The molecule has 3 aromatic carbocycles. The van der Waals surface area contributed by atoms with E-state index in [1.807, 2.05) is 65.6 Å². The Balaban J connectivity index is 2.03. The second kappa shape index (κ2) is 9.50. The summed E-state index contributed by atoms with van der Waals surface area (Å²) >= 11 is 0. The third-order valence-corrected chi connectivity index (χ3v) is 5.40. The van der Waals surface area contributed by atoms with Crippen molar-refractivity contribution in [1.82, 2.24) is 0 Å². The van der Waals surface area contributed by atoms with Crippen LogP contribution in [-0.2, 0) is 4.57 Å². The molecule has 0 saturated heterocycles. The van der Waals surface area contributed by atoms with Gasteiger partial charge in [-0.1, -0.05) is 12.1 Å². The van der Waals surface area contributed by atoms with Gasteiger partial charge in [0.2, 0.25) is 0 Å². The second-order valence-corrected chi connectivity index (χ2v) is 8.08. The molecule has 0 aliphatic heterocycles. The van der Waals surface area contributed by atoms with Gasteiger partial charge in [-0.2, -0.15) is 5.26 Å². The first-order valence-electron chi connectivity index (χ1n) is 9.22. The maximum atomic E-state index is 11.4. The Morgan fingerprint density at radius 2 is 1.23 bits per heavy atom. The number of nitrogens with zero attached hydrogens (tertiary/aromatic N) is 2. The van der Waals surface area contributed by atoms with Crippen molar-refractivity contribution >= 4 is 30.7 Å². The first-order chi connectivity index (χ1) is 14.9. The minimum atomic E-state index is -4.62. The smallest absolute Gasteiger partial charge is 0.366 e. The summed E-state index contributed by atoms with van der Waals surface area (Å²) in [4.78, 5) is 20.5. The van der Waals surface area contributed by atoms with Gasteiger partial charge in [0, 0.05) is 17.1 Å². The number of nitriles is 1. The Morgan fingerprint density at radius 3 is 1.55 bits per heavy atom. The summed E-state index contributed by atoms with van der Waals surface area (Å²) < 4.78 is 21.9. The van der Waals surface area contributed by atoms with Crippen LogP contribution in [0.5, 0.6) is 11.5 Å². The van der Waals surface area contributed by atoms with Gasteiger partial charge in [-0.3, -0.25) is 4.57 Å². The van der Waals surface area contributed by atoms with E-state index in [2.05, 4.69) is 0 Å². The summed E-state index contributed by atoms with van der Waals surface area (Å²) in [5.74, 6) is 1.47. The van der Waals surface area contributed by atoms with Crippen LogP contribution in [0, 0.1) is 11.3 Å². The predicted molar refractivity (Wildman–Crippen MR) is 120 cm³/mol. The highest BCUT2D eigenvalue weighted by Crippen LogP contribution is 2.45. The van der Waals surface area contributed by atoms with Crippen LogP contribution in [0.4, 0.5) is 17.1 Å². The predicted octanol–water partition coefficient (Wildman–Crippen LogP) is 5.22. The van der Waals surface area contributed by atoms with Crippen molar-refractivity contribution in [2.45, 2.75) is 0 Å². The van der Waals surface area contributed by atoms with Gasteiger partial charge in [0.05, 0.1) is 14.2 Å². The molecule has 0 radical (unpaired) electrons. The monoisotopic (exact) mass is 436 g/mol. The molecule has 158 valence electrons. The Labute approximate surface area is 180 Å². The highest BCUT2D eigenvalue weighted by atomic mass is 31.2. The van der Waals surface area contributed by atoms with Gasteiger partial charge in [-0.05, 0) is 72.3 Å². The number of allylic oxidation sites excluding steroid dienone is 1. The van der Waals surface area contributed by atoms with Crippen LogP contribution in [0.1, 0.15) is 5.56 Å². The van der Waals surface area contributed by atoms with Crippen molar-refractivity contribution in [3.63, 3.8) is 0 Å². The van der Waals surface area contributed by atoms with Crippen LogP contribution in [-0.4, -0.2) is 24.0 Å². The summed E-state index contributed by atoms with van der Waals surface area (Å²) in [5, 5.41) is 8.43. The van der Waals surface area contributed by atoms with Crippen LogP contribution < -0.4 is 14.4 Å². The van der Waals surface area contributed by atoms with Gasteiger partial charge in [0.15, 0.2) is 0 Å². The first kappa shape index (κ1) is 22.1. The number of methoxy groups -OCH3 is 2. The number of ether oxygens (including phenoxy) is 2. The fraction of sp³-hybridized carbons (Fsp3) is 0.0870. The summed E-state index contributed by atoms with van der Waals surface area (Å²) in [6, 6.07) is 23.8. The van der Waals surface area contributed by atoms with Gasteiger partial charge in [0.1, 0.15) is 22.9 Å². The molecular formula is C23H21N2O5P. The molecule has 0 aromatic heterocycles. The molecule has 0 unspecified atom stereocenters. The zero-order valence-corrected chi connectivity index (χ0v) is 17.9. The van der Waals surface area contributed by atoms with Gasteiger partial charge in [0.25, 0.3) is 0 Å². The SMILES string of the molecule is COc1ccc(N(c2ccc(/C=C(\C#N)P(=O)(O)O)cc2)c2ccc(OC)cc2)cc1. The number of benzene rings is 3. The van der Waals surface area contributed by atoms with E-state index in [1.165, 1.54) is 6.08 Å². The van der Waals surface area contributed by atoms with E-state index in [0.717, 1.165) is 28.6 Å². The summed E-state index contributed by atoms with van der Waals surface area (Å²) in [7, 11) is -1.40. The number of hydrogen-bond acceptors (Lipinski definition) is 5. The van der Waals surface area contributed by atoms with E-state index < -0.39 is 12.9 Å². The second-order valence-electron chi connectivity index (χ2n) is 6.51. The Kier molecular flexibility index (Phi) is 6.78. The lowest BCUT2D eigenvalue weighted by Crippen LogP contribution is -2.09. The normalized spacial score (nSPS) is 11.5. The van der Waals surface area contributed by atoms with Crippen LogP contribution >= 0.6 is 7.60 Å². The molecule has 0 aliphatic rings. The maximum absolute atomic E-state index is 11.4. The zero-order valence-electron chi connectivity index (χ0n) is 17.0. The molecule has 2 N–H and O–H groups in total. The van der Waals surface area contributed by atoms with Crippen molar-refractivity contribution in [2.75, 3.05) is 19.1 Å². The maximum Gasteiger partial charge on any atom is 0.366 e. The topological polar surface area (TPSA) is 103 Å². The minimum absolute atomic E-state index is 0.507. The molecule has 0 bridgehead atoms. The van der Waals surface area contributed by atoms with Crippen LogP contribution in [0.3, 0.4) is 0 Å². The zero-order chi connectivity index (χ0) is 22.4. The Bertz CT molecular complexity index is 1100. The lowest BCUT2D eigenvalue weighted by atomic mass is 10.1. The molecule has 0 fully saturated rings. The van der Waals surface area contributed by atoms with Crippen molar-refractivity contribution in [3.05, 3.63) is 83.7 Å². The molecule has 0 aliphatic carbocycles. The fourth-order valence-electron chi connectivity index (χ4n) is 2.97. The summed E-state index contributed by atoms with van der Waals surface area (Å²) in [6.45, 7) is 0. The number of rotatable bonds is 7. The van der Waals surface area contributed by atoms with Crippen LogP contribution in [0.2, 0.25) is 0 Å². The summed E-state index contributed by atoms with van der Waals surface area (Å²) in [6.07, 6.45) is 1.19. The Morgan fingerprint density at radius 1 is 0.839 bits per heavy atom. The summed E-state index contributed by atoms with van der Waals surface area (Å²) in [5.41, 5.74) is 3.11. The van der Waals surface area contributed by atoms with E-state index in [1.54, 1.807) is 32.4 Å². The van der Waals surface area contributed by atoms with E-state index in [9.17, 15) is 14.4 Å². The van der Waals surface area contributed by atoms with E-state index in [-0.39, 0.29) is 0 Å². The van der Waals surface area contributed by atoms with E-state index >= 15 is 0 Å². The van der Waals surface area contributed by atoms with Crippen molar-refractivity contribution < 1.29 is 23.8 Å². The molecule has 0 spiro atoms. The van der Waals surface area contributed by atoms with Crippen LogP contribution in [0.25, 0.3) is 6.08 Å². The quantitative estimate of drug-likeness (QED) is 0.387. The lowest BCUT2D eigenvalue weighted by molar-refractivity contribution is 0.384. The molecule has 0 heterocycles. The molecule has 3 aromatic rings. The average molecular weight is 436 g/mol. The molecule has 0 amide bonds. The third-order valence-electron chi connectivity index (χ3n) is 4.54. The largest absolute Gasteiger partial charge is 0.497 e. The van der Waals surface area contributed by atoms with Crippen LogP contribution in [0.15, 0.2) is 78.1 Å². The molecular weight excluding hydrogens is 415 g/mol. The average Bonchev–Trinajstić information content (AvgIpc) is 2.78. The van der Waals surface area contributed by atoms with Gasteiger partial charge in [-0.25, -0.2) is 0 Å². The molecule has 8 heteroatoms. The fourth-order valence-corrected chi connectivity index (χ4v) is 3.42. The van der Waals surface area contributed by atoms with Gasteiger partial charge in [-0.15, -0.1) is 0 Å². The number of hydrogen-bond donors (Lipinski definition) is 2. The van der Waals surface area contributed by atoms with Crippen molar-refractivity contribution in [3.8, 4) is 17.6 Å².